The Morgan fingerprint density at radius 2 is 1.62 bits per heavy atom. The van der Waals surface area contributed by atoms with Crippen LogP contribution in [-0.2, 0) is 19.0 Å². The number of anilines is 1. The third-order valence-electron chi connectivity index (χ3n) is 3.70. The highest BCUT2D eigenvalue weighted by Gasteiger charge is 2.34. The van der Waals surface area contributed by atoms with Gasteiger partial charge in [-0.3, -0.25) is 0 Å². The zero-order valence-corrected chi connectivity index (χ0v) is 11.8. The number of benzene rings is 2. The van der Waals surface area contributed by atoms with Crippen LogP contribution >= 0.6 is 11.6 Å². The van der Waals surface area contributed by atoms with Crippen molar-refractivity contribution in [2.75, 3.05) is 5.32 Å². The summed E-state index contributed by atoms with van der Waals surface area (Å²) in [6.45, 7) is 0. The molecule has 0 radical (unpaired) electrons. The van der Waals surface area contributed by atoms with Gasteiger partial charge in [-0.25, -0.2) is 0 Å². The summed E-state index contributed by atoms with van der Waals surface area (Å²) in [5.74, 6) is 0. The topological polar surface area (TPSA) is 12.0 Å². The van der Waals surface area contributed by atoms with Crippen molar-refractivity contribution in [1.82, 2.24) is 0 Å². The van der Waals surface area contributed by atoms with E-state index in [1.807, 2.05) is 24.3 Å². The minimum atomic E-state index is -4.42. The number of halogens is 4. The first-order valence-electron chi connectivity index (χ1n) is 6.63. The Bertz CT molecular complexity index is 642. The third-order valence-corrected chi connectivity index (χ3v) is 3.93. The predicted molar refractivity (Wildman–Crippen MR) is 77.7 cm³/mol. The highest BCUT2D eigenvalue weighted by molar-refractivity contribution is 6.30. The maximum atomic E-state index is 13.1. The van der Waals surface area contributed by atoms with Crippen LogP contribution in [0.15, 0.2) is 42.5 Å². The normalized spacial score (nSPS) is 15.0. The second kappa shape index (κ2) is 5.26. The summed E-state index contributed by atoms with van der Waals surface area (Å²) in [5, 5.41) is 3.10. The molecule has 0 atom stereocenters. The van der Waals surface area contributed by atoms with Gasteiger partial charge in [0.2, 0.25) is 0 Å². The fourth-order valence-corrected chi connectivity index (χ4v) is 2.93. The van der Waals surface area contributed by atoms with E-state index in [2.05, 4.69) is 5.32 Å². The molecule has 0 saturated heterocycles. The SMILES string of the molecule is FC(F)(F)c1cc(Cl)ccc1NC1Cc2ccccc2C1. The van der Waals surface area contributed by atoms with E-state index in [0.29, 0.717) is 0 Å². The highest BCUT2D eigenvalue weighted by Crippen LogP contribution is 2.37. The first-order valence-corrected chi connectivity index (χ1v) is 7.01. The van der Waals surface area contributed by atoms with Gasteiger partial charge in [-0.1, -0.05) is 35.9 Å². The smallest absolute Gasteiger partial charge is 0.381 e. The van der Waals surface area contributed by atoms with E-state index in [4.69, 9.17) is 11.6 Å². The van der Waals surface area contributed by atoms with Crippen LogP contribution in [0.2, 0.25) is 5.02 Å². The van der Waals surface area contributed by atoms with Gasteiger partial charge in [0.1, 0.15) is 0 Å². The van der Waals surface area contributed by atoms with Gasteiger partial charge < -0.3 is 5.32 Å². The number of rotatable bonds is 2. The molecule has 0 aliphatic heterocycles. The lowest BCUT2D eigenvalue weighted by molar-refractivity contribution is -0.137. The molecule has 110 valence electrons. The molecule has 21 heavy (non-hydrogen) atoms. The van der Waals surface area contributed by atoms with Crippen molar-refractivity contribution >= 4 is 17.3 Å². The maximum Gasteiger partial charge on any atom is 0.418 e. The number of nitrogens with one attached hydrogen (secondary N) is 1. The first kappa shape index (κ1) is 14.3. The largest absolute Gasteiger partial charge is 0.418 e. The molecule has 3 rings (SSSR count). The van der Waals surface area contributed by atoms with Gasteiger partial charge in [0.05, 0.1) is 5.56 Å². The lowest BCUT2D eigenvalue weighted by Gasteiger charge is -2.19. The fraction of sp³-hybridized carbons (Fsp3) is 0.250. The lowest BCUT2D eigenvalue weighted by atomic mass is 10.1. The van der Waals surface area contributed by atoms with Crippen LogP contribution < -0.4 is 5.32 Å². The summed E-state index contributed by atoms with van der Waals surface area (Å²) in [4.78, 5) is 0. The first-order chi connectivity index (χ1) is 9.93. The maximum absolute atomic E-state index is 13.1. The molecule has 0 heterocycles. The van der Waals surface area contributed by atoms with E-state index in [1.165, 1.54) is 23.3 Å². The molecular weight excluding hydrogens is 299 g/mol. The number of fused-ring (bicyclic) bond motifs is 1. The third kappa shape index (κ3) is 3.00. The van der Waals surface area contributed by atoms with Gasteiger partial charge in [-0.2, -0.15) is 13.2 Å². The second-order valence-electron chi connectivity index (χ2n) is 5.21. The van der Waals surface area contributed by atoms with Crippen LogP contribution in [0.1, 0.15) is 16.7 Å². The van der Waals surface area contributed by atoms with Gasteiger partial charge in [-0.15, -0.1) is 0 Å². The Morgan fingerprint density at radius 1 is 1.00 bits per heavy atom. The van der Waals surface area contributed by atoms with Crippen LogP contribution in [0.4, 0.5) is 18.9 Å². The van der Waals surface area contributed by atoms with Crippen LogP contribution in [-0.4, -0.2) is 6.04 Å². The summed E-state index contributed by atoms with van der Waals surface area (Å²) in [5.41, 5.74) is 1.76. The zero-order chi connectivity index (χ0) is 15.0. The molecule has 5 heteroatoms. The standard InChI is InChI=1S/C16H13ClF3N/c17-12-5-6-15(14(9-12)16(18,19)20)21-13-7-10-3-1-2-4-11(10)8-13/h1-6,9,13,21H,7-8H2. The average Bonchev–Trinajstić information content (AvgIpc) is 2.82. The minimum Gasteiger partial charge on any atom is -0.381 e. The quantitative estimate of drug-likeness (QED) is 0.828. The summed E-state index contributed by atoms with van der Waals surface area (Å²) in [6.07, 6.45) is -2.95. The van der Waals surface area contributed by atoms with E-state index in [9.17, 15) is 13.2 Å². The van der Waals surface area contributed by atoms with Crippen LogP contribution in [0.5, 0.6) is 0 Å². The molecule has 1 N–H and O–H groups in total. The van der Waals surface area contributed by atoms with Crippen molar-refractivity contribution in [2.45, 2.75) is 25.1 Å². The van der Waals surface area contributed by atoms with E-state index in [-0.39, 0.29) is 16.8 Å². The van der Waals surface area contributed by atoms with Crippen molar-refractivity contribution in [3.63, 3.8) is 0 Å². The predicted octanol–water partition coefficient (Wildman–Crippen LogP) is 4.94. The monoisotopic (exact) mass is 311 g/mol. The molecule has 2 aromatic carbocycles. The van der Waals surface area contributed by atoms with Crippen LogP contribution in [0, 0.1) is 0 Å². The van der Waals surface area contributed by atoms with Gasteiger partial charge in [0.15, 0.2) is 0 Å². The van der Waals surface area contributed by atoms with Gasteiger partial charge in [0.25, 0.3) is 0 Å². The number of alkyl halides is 3. The average molecular weight is 312 g/mol. The van der Waals surface area contributed by atoms with Gasteiger partial charge in [-0.05, 0) is 42.2 Å². The Labute approximate surface area is 125 Å². The molecule has 0 spiro atoms. The molecule has 0 aromatic heterocycles. The molecule has 2 aromatic rings. The Morgan fingerprint density at radius 3 is 2.19 bits per heavy atom. The minimum absolute atomic E-state index is 0.0234. The summed E-state index contributed by atoms with van der Waals surface area (Å²) in [6, 6.07) is 11.7. The molecule has 1 aliphatic rings. The fourth-order valence-electron chi connectivity index (χ4n) is 2.76. The molecule has 1 aliphatic carbocycles. The number of hydrogen-bond donors (Lipinski definition) is 1. The molecule has 0 bridgehead atoms. The Hall–Kier alpha value is -1.68. The van der Waals surface area contributed by atoms with Gasteiger partial charge in [0, 0.05) is 16.8 Å². The van der Waals surface area contributed by atoms with Crippen molar-refractivity contribution in [3.8, 4) is 0 Å². The van der Waals surface area contributed by atoms with E-state index in [1.54, 1.807) is 0 Å². The molecule has 0 saturated carbocycles. The molecular formula is C16H13ClF3N. The Kier molecular flexibility index (Phi) is 3.57. The summed E-state index contributed by atoms with van der Waals surface area (Å²) >= 11 is 5.68. The van der Waals surface area contributed by atoms with Crippen molar-refractivity contribution < 1.29 is 13.2 Å². The Balaban J connectivity index is 1.84. The van der Waals surface area contributed by atoms with Crippen molar-refractivity contribution in [3.05, 3.63) is 64.2 Å². The summed E-state index contributed by atoms with van der Waals surface area (Å²) < 4.78 is 39.2. The van der Waals surface area contributed by atoms with Crippen LogP contribution in [0.3, 0.4) is 0 Å². The van der Waals surface area contributed by atoms with Crippen LogP contribution in [0.25, 0.3) is 0 Å². The number of hydrogen-bond acceptors (Lipinski definition) is 1. The van der Waals surface area contributed by atoms with Crippen molar-refractivity contribution in [2.24, 2.45) is 0 Å². The second-order valence-corrected chi connectivity index (χ2v) is 5.64. The molecule has 0 unspecified atom stereocenters. The van der Waals surface area contributed by atoms with Crippen molar-refractivity contribution in [1.29, 1.82) is 0 Å². The molecule has 1 nitrogen and oxygen atoms in total. The zero-order valence-electron chi connectivity index (χ0n) is 11.0. The molecule has 0 fully saturated rings. The van der Waals surface area contributed by atoms with E-state index in [0.717, 1.165) is 18.9 Å². The molecule has 0 amide bonds. The van der Waals surface area contributed by atoms with E-state index < -0.39 is 11.7 Å². The summed E-state index contributed by atoms with van der Waals surface area (Å²) in [7, 11) is 0. The lowest BCUT2D eigenvalue weighted by Crippen LogP contribution is -2.22. The highest BCUT2D eigenvalue weighted by atomic mass is 35.5. The van der Waals surface area contributed by atoms with E-state index >= 15 is 0 Å². The van der Waals surface area contributed by atoms with Gasteiger partial charge >= 0.3 is 6.18 Å².